The van der Waals surface area contributed by atoms with Crippen molar-refractivity contribution >= 4 is 0 Å². The molecule has 0 unspecified atom stereocenters. The molecule has 0 amide bonds. The highest BCUT2D eigenvalue weighted by atomic mass is 16.7. The van der Waals surface area contributed by atoms with Gasteiger partial charge in [-0.25, -0.2) is 10.1 Å². The number of hydrazine groups is 1. The van der Waals surface area contributed by atoms with E-state index in [9.17, 15) is 10.1 Å². The highest BCUT2D eigenvalue weighted by molar-refractivity contribution is 5.21. The molecule has 0 aliphatic carbocycles. The molecule has 82 valence electrons. The molecule has 15 heavy (non-hydrogen) atoms. The van der Waals surface area contributed by atoms with Crippen LogP contribution in [0.25, 0.3) is 0 Å². The molecule has 2 aliphatic heterocycles. The third-order valence-electron chi connectivity index (χ3n) is 2.60. The SMILES string of the molecule is O=[N+]([O-])N1C=CC(N2CCNCC2)=CC1. The highest BCUT2D eigenvalue weighted by Gasteiger charge is 2.17. The van der Waals surface area contributed by atoms with Gasteiger partial charge in [0, 0.05) is 31.9 Å². The Labute approximate surface area is 88.0 Å². The molecule has 1 fully saturated rings. The molecule has 2 heterocycles. The van der Waals surface area contributed by atoms with Crippen molar-refractivity contribution in [3.8, 4) is 0 Å². The largest absolute Gasteiger partial charge is 0.369 e. The number of hydrogen-bond acceptors (Lipinski definition) is 4. The molecule has 0 aromatic rings. The van der Waals surface area contributed by atoms with Crippen LogP contribution in [-0.4, -0.2) is 47.7 Å². The summed E-state index contributed by atoms with van der Waals surface area (Å²) < 4.78 is 0. The third-order valence-corrected chi connectivity index (χ3v) is 2.60. The van der Waals surface area contributed by atoms with Gasteiger partial charge in [-0.3, -0.25) is 0 Å². The van der Waals surface area contributed by atoms with Gasteiger partial charge in [-0.1, -0.05) is 5.01 Å². The molecule has 0 bridgehead atoms. The number of nitrogens with one attached hydrogen (secondary N) is 1. The molecular weight excluding hydrogens is 196 g/mol. The van der Waals surface area contributed by atoms with Crippen molar-refractivity contribution in [3.63, 3.8) is 0 Å². The van der Waals surface area contributed by atoms with Gasteiger partial charge in [0.05, 0.1) is 6.20 Å². The van der Waals surface area contributed by atoms with Gasteiger partial charge in [0.15, 0.2) is 5.03 Å². The molecule has 0 radical (unpaired) electrons. The average molecular weight is 210 g/mol. The lowest BCUT2D eigenvalue weighted by atomic mass is 10.2. The van der Waals surface area contributed by atoms with Crippen LogP contribution >= 0.6 is 0 Å². The first-order valence-corrected chi connectivity index (χ1v) is 5.02. The Morgan fingerprint density at radius 1 is 1.40 bits per heavy atom. The van der Waals surface area contributed by atoms with Crippen LogP contribution in [0.15, 0.2) is 24.0 Å². The summed E-state index contributed by atoms with van der Waals surface area (Å²) >= 11 is 0. The smallest absolute Gasteiger partial charge is 0.164 e. The van der Waals surface area contributed by atoms with Crippen molar-refractivity contribution in [1.82, 2.24) is 15.2 Å². The molecule has 1 saturated heterocycles. The van der Waals surface area contributed by atoms with E-state index in [0.29, 0.717) is 6.54 Å². The molecule has 2 rings (SSSR count). The molecule has 2 aliphatic rings. The van der Waals surface area contributed by atoms with Crippen LogP contribution in [0.1, 0.15) is 0 Å². The fraction of sp³-hybridized carbons (Fsp3) is 0.556. The van der Waals surface area contributed by atoms with Crippen LogP contribution in [0.5, 0.6) is 0 Å². The zero-order valence-electron chi connectivity index (χ0n) is 8.43. The van der Waals surface area contributed by atoms with Crippen molar-refractivity contribution < 1.29 is 5.03 Å². The number of nitro groups is 1. The molecule has 0 aromatic heterocycles. The fourth-order valence-electron chi connectivity index (χ4n) is 1.76. The van der Waals surface area contributed by atoms with E-state index in [1.807, 2.05) is 6.08 Å². The van der Waals surface area contributed by atoms with Gasteiger partial charge < -0.3 is 10.2 Å². The van der Waals surface area contributed by atoms with Crippen molar-refractivity contribution in [2.75, 3.05) is 32.7 Å². The van der Waals surface area contributed by atoms with E-state index in [0.717, 1.165) is 36.9 Å². The Bertz CT molecular complexity index is 307. The van der Waals surface area contributed by atoms with Gasteiger partial charge in [0.25, 0.3) is 0 Å². The van der Waals surface area contributed by atoms with Crippen molar-refractivity contribution in [3.05, 3.63) is 34.2 Å². The van der Waals surface area contributed by atoms with Gasteiger partial charge >= 0.3 is 0 Å². The quantitative estimate of drug-likeness (QED) is 0.505. The number of allylic oxidation sites excluding steroid dienone is 1. The summed E-state index contributed by atoms with van der Waals surface area (Å²) in [5.74, 6) is 0. The Morgan fingerprint density at radius 3 is 2.67 bits per heavy atom. The minimum atomic E-state index is -0.401. The van der Waals surface area contributed by atoms with Gasteiger partial charge in [-0.15, -0.1) is 0 Å². The second kappa shape index (κ2) is 4.31. The van der Waals surface area contributed by atoms with E-state index in [2.05, 4.69) is 10.2 Å². The standard InChI is InChI=1S/C9H14N4O2/c14-13(15)12-5-1-9(2-6-12)11-7-3-10-4-8-11/h1-2,5,10H,3-4,6-8H2. The van der Waals surface area contributed by atoms with Gasteiger partial charge in [0.1, 0.15) is 6.54 Å². The lowest BCUT2D eigenvalue weighted by molar-refractivity contribution is -0.637. The van der Waals surface area contributed by atoms with Gasteiger partial charge in [-0.05, 0) is 12.2 Å². The number of hydrogen-bond donors (Lipinski definition) is 1. The summed E-state index contributed by atoms with van der Waals surface area (Å²) in [6.45, 7) is 4.24. The maximum Gasteiger partial charge on any atom is 0.164 e. The third kappa shape index (κ3) is 2.27. The minimum absolute atomic E-state index is 0.350. The van der Waals surface area contributed by atoms with E-state index >= 15 is 0 Å². The predicted molar refractivity (Wildman–Crippen MR) is 55.4 cm³/mol. The summed E-state index contributed by atoms with van der Waals surface area (Å²) in [4.78, 5) is 12.7. The van der Waals surface area contributed by atoms with Crippen LogP contribution in [0.3, 0.4) is 0 Å². The lowest BCUT2D eigenvalue weighted by Crippen LogP contribution is -2.43. The van der Waals surface area contributed by atoms with Crippen molar-refractivity contribution in [2.45, 2.75) is 0 Å². The van der Waals surface area contributed by atoms with Crippen LogP contribution in [0.2, 0.25) is 0 Å². The topological polar surface area (TPSA) is 61.7 Å². The summed E-state index contributed by atoms with van der Waals surface area (Å²) in [5, 5.41) is 14.4. The molecule has 6 heteroatoms. The molecule has 1 N–H and O–H groups in total. The minimum Gasteiger partial charge on any atom is -0.369 e. The van der Waals surface area contributed by atoms with Crippen LogP contribution in [0, 0.1) is 10.1 Å². The average Bonchev–Trinajstić information content (AvgIpc) is 2.30. The normalized spacial score (nSPS) is 21.5. The Balaban J connectivity index is 1.95. The molecule has 0 saturated carbocycles. The second-order valence-electron chi connectivity index (χ2n) is 3.54. The van der Waals surface area contributed by atoms with E-state index in [4.69, 9.17) is 0 Å². The predicted octanol–water partition coefficient (Wildman–Crippen LogP) is -0.204. The van der Waals surface area contributed by atoms with Crippen molar-refractivity contribution in [1.29, 1.82) is 0 Å². The Kier molecular flexibility index (Phi) is 2.86. The highest BCUT2D eigenvalue weighted by Crippen LogP contribution is 2.12. The van der Waals surface area contributed by atoms with Crippen LogP contribution in [-0.2, 0) is 0 Å². The van der Waals surface area contributed by atoms with E-state index in [1.165, 1.54) is 6.20 Å². The molecular formula is C9H14N4O2. The zero-order chi connectivity index (χ0) is 10.7. The van der Waals surface area contributed by atoms with E-state index in [-0.39, 0.29) is 0 Å². The fourth-order valence-corrected chi connectivity index (χ4v) is 1.76. The summed E-state index contributed by atoms with van der Waals surface area (Å²) in [5.41, 5.74) is 1.09. The van der Waals surface area contributed by atoms with E-state index < -0.39 is 5.03 Å². The summed E-state index contributed by atoms with van der Waals surface area (Å²) in [6, 6.07) is 0. The first-order valence-electron chi connectivity index (χ1n) is 5.02. The van der Waals surface area contributed by atoms with Crippen LogP contribution < -0.4 is 5.32 Å². The van der Waals surface area contributed by atoms with Gasteiger partial charge in [0.2, 0.25) is 0 Å². The number of nitrogens with zero attached hydrogens (tertiary/aromatic N) is 3. The number of piperazine rings is 1. The van der Waals surface area contributed by atoms with Crippen molar-refractivity contribution in [2.24, 2.45) is 0 Å². The molecule has 0 spiro atoms. The maximum absolute atomic E-state index is 10.5. The molecule has 0 aromatic carbocycles. The number of rotatable bonds is 2. The second-order valence-corrected chi connectivity index (χ2v) is 3.54. The first-order chi connectivity index (χ1) is 7.27. The van der Waals surface area contributed by atoms with Crippen LogP contribution in [0.4, 0.5) is 0 Å². The van der Waals surface area contributed by atoms with E-state index in [1.54, 1.807) is 6.08 Å². The Morgan fingerprint density at radius 2 is 2.13 bits per heavy atom. The first kappa shape index (κ1) is 9.97. The lowest BCUT2D eigenvalue weighted by Gasteiger charge is -2.31. The molecule has 6 nitrogen and oxygen atoms in total. The molecule has 0 atom stereocenters. The van der Waals surface area contributed by atoms with Gasteiger partial charge in [-0.2, -0.15) is 0 Å². The Hall–Kier alpha value is -1.56. The monoisotopic (exact) mass is 210 g/mol. The summed E-state index contributed by atoms with van der Waals surface area (Å²) in [7, 11) is 0. The summed E-state index contributed by atoms with van der Waals surface area (Å²) in [6.07, 6.45) is 5.23. The maximum atomic E-state index is 10.5. The zero-order valence-corrected chi connectivity index (χ0v) is 8.43.